The standard InChI is InChI=1S/C21H21F3N4OS/c22-21(23,24)14-16-7-9-17(10-8-16)27-20(30)28-18(19(29)26-12-4-11-25)13-15-5-2-1-3-6-15/h1-3,5-10,18H,4,12-14H2,(H,26,29)(H2,27,28,30). The third kappa shape index (κ3) is 8.49. The van der Waals surface area contributed by atoms with Crippen molar-refractivity contribution in [3.05, 3.63) is 65.7 Å². The van der Waals surface area contributed by atoms with E-state index in [9.17, 15) is 18.0 Å². The number of thiocarbonyl (C=S) groups is 1. The molecule has 0 aliphatic rings. The van der Waals surface area contributed by atoms with Gasteiger partial charge >= 0.3 is 6.18 Å². The van der Waals surface area contributed by atoms with Gasteiger partial charge in [0.2, 0.25) is 5.91 Å². The number of carbonyl (C=O) groups is 1. The van der Waals surface area contributed by atoms with E-state index in [1.807, 2.05) is 36.4 Å². The van der Waals surface area contributed by atoms with Crippen molar-refractivity contribution in [2.45, 2.75) is 31.5 Å². The van der Waals surface area contributed by atoms with Crippen LogP contribution in [0.2, 0.25) is 0 Å². The van der Waals surface area contributed by atoms with Gasteiger partial charge in [-0.2, -0.15) is 18.4 Å². The van der Waals surface area contributed by atoms with Crippen molar-refractivity contribution in [2.24, 2.45) is 0 Å². The Morgan fingerprint density at radius 1 is 1.07 bits per heavy atom. The van der Waals surface area contributed by atoms with Gasteiger partial charge in [0.25, 0.3) is 0 Å². The van der Waals surface area contributed by atoms with Crippen molar-refractivity contribution in [3.63, 3.8) is 0 Å². The van der Waals surface area contributed by atoms with Gasteiger partial charge in [-0.15, -0.1) is 0 Å². The molecule has 0 heterocycles. The maximum Gasteiger partial charge on any atom is 0.393 e. The second-order valence-electron chi connectivity index (χ2n) is 6.53. The second kappa shape index (κ2) is 11.2. The Bertz CT molecular complexity index is 880. The van der Waals surface area contributed by atoms with Crippen LogP contribution in [0.15, 0.2) is 54.6 Å². The molecule has 1 unspecified atom stereocenters. The molecule has 0 aliphatic heterocycles. The number of anilines is 1. The number of hydrogen-bond donors (Lipinski definition) is 3. The predicted octanol–water partition coefficient (Wildman–Crippen LogP) is 3.72. The summed E-state index contributed by atoms with van der Waals surface area (Å²) in [6, 6.07) is 16.4. The summed E-state index contributed by atoms with van der Waals surface area (Å²) in [7, 11) is 0. The van der Waals surface area contributed by atoms with Gasteiger partial charge in [-0.3, -0.25) is 4.79 Å². The molecule has 30 heavy (non-hydrogen) atoms. The number of halogens is 3. The summed E-state index contributed by atoms with van der Waals surface area (Å²) in [5, 5.41) is 17.3. The van der Waals surface area contributed by atoms with Crippen LogP contribution >= 0.6 is 12.2 Å². The maximum absolute atomic E-state index is 12.5. The SMILES string of the molecule is N#CCCNC(=O)C(Cc1ccccc1)NC(=S)Nc1ccc(CC(F)(F)F)cc1. The summed E-state index contributed by atoms with van der Waals surface area (Å²) in [4.78, 5) is 12.5. The van der Waals surface area contributed by atoms with E-state index in [4.69, 9.17) is 17.5 Å². The summed E-state index contributed by atoms with van der Waals surface area (Å²) < 4.78 is 37.4. The molecule has 0 aliphatic carbocycles. The molecule has 2 aromatic carbocycles. The Labute approximate surface area is 178 Å². The molecule has 0 spiro atoms. The van der Waals surface area contributed by atoms with Crippen molar-refractivity contribution in [2.75, 3.05) is 11.9 Å². The third-order valence-electron chi connectivity index (χ3n) is 4.06. The first-order chi connectivity index (χ1) is 14.3. The molecular weight excluding hydrogens is 413 g/mol. The minimum atomic E-state index is -4.27. The fraction of sp³-hybridized carbons (Fsp3) is 0.286. The van der Waals surface area contributed by atoms with Gasteiger partial charge in [0.1, 0.15) is 6.04 Å². The largest absolute Gasteiger partial charge is 0.393 e. The summed E-state index contributed by atoms with van der Waals surface area (Å²) in [6.45, 7) is 0.225. The van der Waals surface area contributed by atoms with E-state index in [0.717, 1.165) is 5.56 Å². The Kier molecular flexibility index (Phi) is 8.62. The van der Waals surface area contributed by atoms with Crippen LogP contribution in [-0.4, -0.2) is 29.8 Å². The van der Waals surface area contributed by atoms with Gasteiger partial charge < -0.3 is 16.0 Å². The summed E-state index contributed by atoms with van der Waals surface area (Å²) in [5.41, 5.74) is 1.57. The molecule has 1 amide bonds. The number of hydrogen-bond acceptors (Lipinski definition) is 3. The van der Waals surface area contributed by atoms with Crippen LogP contribution in [0.25, 0.3) is 0 Å². The van der Waals surface area contributed by atoms with Gasteiger partial charge in [-0.05, 0) is 35.5 Å². The molecule has 0 bridgehead atoms. The Morgan fingerprint density at radius 2 is 1.73 bits per heavy atom. The molecule has 3 N–H and O–H groups in total. The zero-order valence-electron chi connectivity index (χ0n) is 16.0. The number of nitriles is 1. The normalized spacial score (nSPS) is 11.8. The Hall–Kier alpha value is -3.12. The van der Waals surface area contributed by atoms with E-state index in [2.05, 4.69) is 16.0 Å². The van der Waals surface area contributed by atoms with E-state index >= 15 is 0 Å². The molecule has 0 fully saturated rings. The monoisotopic (exact) mass is 434 g/mol. The first-order valence-electron chi connectivity index (χ1n) is 9.18. The summed E-state index contributed by atoms with van der Waals surface area (Å²) in [6.07, 6.45) is -4.71. The van der Waals surface area contributed by atoms with Gasteiger partial charge in [0.15, 0.2) is 5.11 Å². The van der Waals surface area contributed by atoms with E-state index < -0.39 is 18.6 Å². The van der Waals surface area contributed by atoms with Crippen molar-refractivity contribution in [3.8, 4) is 6.07 Å². The number of rotatable bonds is 8. The van der Waals surface area contributed by atoms with E-state index in [0.29, 0.717) is 12.1 Å². The quantitative estimate of drug-likeness (QED) is 0.436. The number of benzene rings is 2. The van der Waals surface area contributed by atoms with Crippen LogP contribution in [-0.2, 0) is 17.6 Å². The first-order valence-corrected chi connectivity index (χ1v) is 9.59. The molecule has 158 valence electrons. The summed E-state index contributed by atoms with van der Waals surface area (Å²) in [5.74, 6) is -0.307. The molecule has 0 radical (unpaired) electrons. The zero-order chi connectivity index (χ0) is 22.0. The molecule has 1 atom stereocenters. The lowest BCUT2D eigenvalue weighted by atomic mass is 10.1. The first kappa shape index (κ1) is 23.2. The molecule has 9 heteroatoms. The molecule has 0 saturated heterocycles. The fourth-order valence-electron chi connectivity index (χ4n) is 2.69. The van der Waals surface area contributed by atoms with Gasteiger partial charge in [0, 0.05) is 18.7 Å². The highest BCUT2D eigenvalue weighted by Crippen LogP contribution is 2.22. The maximum atomic E-state index is 12.5. The van der Waals surface area contributed by atoms with Crippen LogP contribution in [0, 0.1) is 11.3 Å². The molecular formula is C21H21F3N4OS. The van der Waals surface area contributed by atoms with E-state index in [1.165, 1.54) is 24.3 Å². The molecule has 0 aromatic heterocycles. The number of amides is 1. The molecule has 5 nitrogen and oxygen atoms in total. The van der Waals surface area contributed by atoms with Crippen molar-refractivity contribution >= 4 is 28.9 Å². The fourth-order valence-corrected chi connectivity index (χ4v) is 2.95. The van der Waals surface area contributed by atoms with Crippen LogP contribution in [0.1, 0.15) is 17.5 Å². The predicted molar refractivity (Wildman–Crippen MR) is 113 cm³/mol. The van der Waals surface area contributed by atoms with Crippen LogP contribution < -0.4 is 16.0 Å². The van der Waals surface area contributed by atoms with Crippen LogP contribution in [0.5, 0.6) is 0 Å². The second-order valence-corrected chi connectivity index (χ2v) is 6.94. The van der Waals surface area contributed by atoms with Crippen LogP contribution in [0.4, 0.5) is 18.9 Å². The number of nitrogens with one attached hydrogen (secondary N) is 3. The number of carbonyl (C=O) groups excluding carboxylic acids is 1. The van der Waals surface area contributed by atoms with Crippen molar-refractivity contribution < 1.29 is 18.0 Å². The van der Waals surface area contributed by atoms with E-state index in [1.54, 1.807) is 0 Å². The van der Waals surface area contributed by atoms with Crippen molar-refractivity contribution in [1.82, 2.24) is 10.6 Å². The summed E-state index contributed by atoms with van der Waals surface area (Å²) >= 11 is 5.27. The average molecular weight is 434 g/mol. The average Bonchev–Trinajstić information content (AvgIpc) is 2.69. The minimum absolute atomic E-state index is 0.144. The van der Waals surface area contributed by atoms with Crippen molar-refractivity contribution in [1.29, 1.82) is 5.26 Å². The molecule has 2 rings (SSSR count). The van der Waals surface area contributed by atoms with E-state index in [-0.39, 0.29) is 29.5 Å². The van der Waals surface area contributed by atoms with Gasteiger partial charge in [-0.1, -0.05) is 42.5 Å². The highest BCUT2D eigenvalue weighted by Gasteiger charge is 2.27. The Morgan fingerprint density at radius 3 is 2.33 bits per heavy atom. The minimum Gasteiger partial charge on any atom is -0.353 e. The smallest absolute Gasteiger partial charge is 0.353 e. The van der Waals surface area contributed by atoms with Gasteiger partial charge in [0.05, 0.1) is 18.9 Å². The van der Waals surface area contributed by atoms with Crippen LogP contribution in [0.3, 0.4) is 0 Å². The zero-order valence-corrected chi connectivity index (χ0v) is 16.8. The number of nitrogens with zero attached hydrogens (tertiary/aromatic N) is 1. The van der Waals surface area contributed by atoms with Gasteiger partial charge in [-0.25, -0.2) is 0 Å². The lowest BCUT2D eigenvalue weighted by molar-refractivity contribution is -0.127. The topological polar surface area (TPSA) is 77.0 Å². The third-order valence-corrected chi connectivity index (χ3v) is 4.28. The number of alkyl halides is 3. The lowest BCUT2D eigenvalue weighted by Gasteiger charge is -2.20. The highest BCUT2D eigenvalue weighted by molar-refractivity contribution is 7.80. The molecule has 0 saturated carbocycles. The lowest BCUT2D eigenvalue weighted by Crippen LogP contribution is -2.49. The molecule has 2 aromatic rings. The Balaban J connectivity index is 2.00. The highest BCUT2D eigenvalue weighted by atomic mass is 32.1.